The maximum absolute atomic E-state index is 13.5. The van der Waals surface area contributed by atoms with Crippen LogP contribution in [0.4, 0.5) is 20.4 Å². The normalized spacial score (nSPS) is 19.4. The molecule has 0 saturated carbocycles. The summed E-state index contributed by atoms with van der Waals surface area (Å²) in [4.78, 5) is 5.39. The maximum atomic E-state index is 13.5. The number of hydrogen-bond acceptors (Lipinski definition) is 4. The zero-order valence-corrected chi connectivity index (χ0v) is 9.58. The van der Waals surface area contributed by atoms with Gasteiger partial charge in [-0.15, -0.1) is 0 Å². The van der Waals surface area contributed by atoms with E-state index in [9.17, 15) is 13.9 Å². The van der Waals surface area contributed by atoms with Crippen LogP contribution in [0.5, 0.6) is 0 Å². The molecule has 2 heterocycles. The van der Waals surface area contributed by atoms with Gasteiger partial charge in [-0.1, -0.05) is 0 Å². The Balaban J connectivity index is 2.21. The molecule has 1 fully saturated rings. The number of pyridine rings is 1. The van der Waals surface area contributed by atoms with Gasteiger partial charge in [0, 0.05) is 19.2 Å². The monoisotopic (exact) mass is 243 g/mol. The van der Waals surface area contributed by atoms with Gasteiger partial charge in [0.05, 0.1) is 5.60 Å². The first-order chi connectivity index (χ1) is 7.89. The molecule has 1 aromatic rings. The van der Waals surface area contributed by atoms with Gasteiger partial charge in [0.25, 0.3) is 0 Å². The summed E-state index contributed by atoms with van der Waals surface area (Å²) in [7, 11) is 0. The van der Waals surface area contributed by atoms with Crippen LogP contribution in [0.25, 0.3) is 0 Å². The van der Waals surface area contributed by atoms with Crippen LogP contribution in [0.1, 0.15) is 19.8 Å². The van der Waals surface area contributed by atoms with Gasteiger partial charge >= 0.3 is 0 Å². The van der Waals surface area contributed by atoms with E-state index < -0.39 is 17.2 Å². The predicted octanol–water partition coefficient (Wildman–Crippen LogP) is 1.29. The first kappa shape index (κ1) is 12.0. The zero-order chi connectivity index (χ0) is 12.6. The highest BCUT2D eigenvalue weighted by molar-refractivity contribution is 5.47. The molecule has 0 aliphatic carbocycles. The molecule has 94 valence electrons. The summed E-state index contributed by atoms with van der Waals surface area (Å²) in [6.45, 7) is 2.69. The summed E-state index contributed by atoms with van der Waals surface area (Å²) >= 11 is 0. The molecule has 1 aromatic heterocycles. The Morgan fingerprint density at radius 2 is 1.94 bits per heavy atom. The predicted molar refractivity (Wildman–Crippen MR) is 60.6 cm³/mol. The number of nitrogen functional groups attached to an aromatic ring is 1. The van der Waals surface area contributed by atoms with Crippen molar-refractivity contribution in [3.8, 4) is 0 Å². The molecule has 3 N–H and O–H groups in total. The molecular formula is C11H15F2N3O. The van der Waals surface area contributed by atoms with Gasteiger partial charge in [-0.25, -0.2) is 13.8 Å². The third-order valence-electron chi connectivity index (χ3n) is 3.08. The molecule has 0 atom stereocenters. The maximum Gasteiger partial charge on any atom is 0.168 e. The van der Waals surface area contributed by atoms with E-state index in [2.05, 4.69) is 4.98 Å². The molecule has 0 unspecified atom stereocenters. The average molecular weight is 243 g/mol. The lowest BCUT2D eigenvalue weighted by Crippen LogP contribution is -2.43. The molecule has 4 nitrogen and oxygen atoms in total. The second kappa shape index (κ2) is 4.10. The number of aliphatic hydroxyl groups is 1. The van der Waals surface area contributed by atoms with Crippen LogP contribution in [0, 0.1) is 11.6 Å². The molecule has 1 saturated heterocycles. The summed E-state index contributed by atoms with van der Waals surface area (Å²) in [5, 5.41) is 9.78. The molecule has 1 aliphatic heterocycles. The van der Waals surface area contributed by atoms with Gasteiger partial charge in [-0.3, -0.25) is 0 Å². The SMILES string of the molecule is CC1(O)CCN(c2nc(N)c(F)cc2F)CC1. The molecular weight excluding hydrogens is 228 g/mol. The van der Waals surface area contributed by atoms with E-state index >= 15 is 0 Å². The fraction of sp³-hybridized carbons (Fsp3) is 0.545. The highest BCUT2D eigenvalue weighted by Crippen LogP contribution is 2.27. The van der Waals surface area contributed by atoms with Gasteiger partial charge in [0.1, 0.15) is 0 Å². The lowest BCUT2D eigenvalue weighted by molar-refractivity contribution is 0.0349. The Hall–Kier alpha value is -1.43. The lowest BCUT2D eigenvalue weighted by Gasteiger charge is -2.36. The van der Waals surface area contributed by atoms with Crippen LogP contribution in [0.2, 0.25) is 0 Å². The van der Waals surface area contributed by atoms with Gasteiger partial charge in [-0.05, 0) is 19.8 Å². The summed E-state index contributed by atoms with van der Waals surface area (Å²) in [5.41, 5.74) is 4.60. The van der Waals surface area contributed by atoms with Crippen LogP contribution >= 0.6 is 0 Å². The zero-order valence-electron chi connectivity index (χ0n) is 9.58. The van der Waals surface area contributed by atoms with Crippen LogP contribution in [0.15, 0.2) is 6.07 Å². The number of rotatable bonds is 1. The average Bonchev–Trinajstić information content (AvgIpc) is 2.24. The number of nitrogens with zero attached hydrogens (tertiary/aromatic N) is 2. The van der Waals surface area contributed by atoms with Crippen molar-refractivity contribution in [1.82, 2.24) is 4.98 Å². The summed E-state index contributed by atoms with van der Waals surface area (Å²) < 4.78 is 26.5. The van der Waals surface area contributed by atoms with Crippen molar-refractivity contribution in [3.05, 3.63) is 17.7 Å². The molecule has 0 bridgehead atoms. The molecule has 0 aromatic carbocycles. The topological polar surface area (TPSA) is 62.4 Å². The fourth-order valence-electron chi connectivity index (χ4n) is 1.89. The van der Waals surface area contributed by atoms with Crippen LogP contribution in [0.3, 0.4) is 0 Å². The van der Waals surface area contributed by atoms with Crippen molar-refractivity contribution in [2.24, 2.45) is 0 Å². The quantitative estimate of drug-likeness (QED) is 0.780. The highest BCUT2D eigenvalue weighted by Gasteiger charge is 2.29. The van der Waals surface area contributed by atoms with E-state index in [4.69, 9.17) is 5.73 Å². The Morgan fingerprint density at radius 3 is 2.53 bits per heavy atom. The second-order valence-electron chi connectivity index (χ2n) is 4.64. The Bertz CT molecular complexity index is 427. The minimum atomic E-state index is -0.852. The van der Waals surface area contributed by atoms with Crippen molar-refractivity contribution in [2.75, 3.05) is 23.7 Å². The molecule has 6 heteroatoms. The fourth-order valence-corrected chi connectivity index (χ4v) is 1.89. The Labute approximate surface area is 98.1 Å². The smallest absolute Gasteiger partial charge is 0.168 e. The standard InChI is InChI=1S/C11H15F2N3O/c1-11(17)2-4-16(5-3-11)10-8(13)6-7(12)9(14)15-10/h6,17H,2-5H2,1H3,(H2,14,15). The molecule has 17 heavy (non-hydrogen) atoms. The minimum Gasteiger partial charge on any atom is -0.390 e. The number of piperidine rings is 1. The number of aromatic nitrogens is 1. The summed E-state index contributed by atoms with van der Waals surface area (Å²) in [5.74, 6) is -1.83. The van der Waals surface area contributed by atoms with E-state index in [0.717, 1.165) is 6.07 Å². The highest BCUT2D eigenvalue weighted by atomic mass is 19.1. The molecule has 2 rings (SSSR count). The van der Waals surface area contributed by atoms with Gasteiger partial charge < -0.3 is 15.7 Å². The molecule has 0 amide bonds. The van der Waals surface area contributed by atoms with Crippen LogP contribution < -0.4 is 10.6 Å². The second-order valence-corrected chi connectivity index (χ2v) is 4.64. The van der Waals surface area contributed by atoms with E-state index in [1.165, 1.54) is 0 Å². The van der Waals surface area contributed by atoms with E-state index in [1.54, 1.807) is 11.8 Å². The van der Waals surface area contributed by atoms with Crippen LogP contribution in [-0.2, 0) is 0 Å². The van der Waals surface area contributed by atoms with E-state index in [0.29, 0.717) is 25.9 Å². The minimum absolute atomic E-state index is 0.0550. The Kier molecular flexibility index (Phi) is 2.91. The third-order valence-corrected chi connectivity index (χ3v) is 3.08. The van der Waals surface area contributed by atoms with Crippen molar-refractivity contribution in [1.29, 1.82) is 0 Å². The van der Waals surface area contributed by atoms with Gasteiger partial charge in [0.2, 0.25) is 0 Å². The van der Waals surface area contributed by atoms with Crippen molar-refractivity contribution >= 4 is 11.6 Å². The summed E-state index contributed by atoms with van der Waals surface area (Å²) in [6.07, 6.45) is 1.04. The largest absolute Gasteiger partial charge is 0.390 e. The van der Waals surface area contributed by atoms with Crippen molar-refractivity contribution in [3.63, 3.8) is 0 Å². The first-order valence-corrected chi connectivity index (χ1v) is 5.48. The number of nitrogens with two attached hydrogens (primary N) is 1. The third kappa shape index (κ3) is 2.46. The van der Waals surface area contributed by atoms with E-state index in [1.807, 2.05) is 0 Å². The van der Waals surface area contributed by atoms with Gasteiger partial charge in [-0.2, -0.15) is 0 Å². The molecule has 0 spiro atoms. The summed E-state index contributed by atoms with van der Waals surface area (Å²) in [6, 6.07) is 0.740. The number of halogens is 2. The number of hydrogen-bond donors (Lipinski definition) is 2. The van der Waals surface area contributed by atoms with Gasteiger partial charge in [0.15, 0.2) is 23.3 Å². The van der Waals surface area contributed by atoms with Crippen molar-refractivity contribution < 1.29 is 13.9 Å². The first-order valence-electron chi connectivity index (χ1n) is 5.48. The Morgan fingerprint density at radius 1 is 1.35 bits per heavy atom. The lowest BCUT2D eigenvalue weighted by atomic mass is 9.94. The van der Waals surface area contributed by atoms with Crippen LogP contribution in [-0.4, -0.2) is 28.8 Å². The molecule has 0 radical (unpaired) electrons. The number of anilines is 2. The van der Waals surface area contributed by atoms with E-state index in [-0.39, 0.29) is 11.6 Å². The molecule has 1 aliphatic rings. The van der Waals surface area contributed by atoms with Crippen molar-refractivity contribution in [2.45, 2.75) is 25.4 Å².